The van der Waals surface area contributed by atoms with Crippen LogP contribution in [0.25, 0.3) is 0 Å². The van der Waals surface area contributed by atoms with Gasteiger partial charge in [-0.25, -0.2) is 4.79 Å². The van der Waals surface area contributed by atoms with Gasteiger partial charge in [-0.15, -0.1) is 0 Å². The SMILES string of the molecule is CCCCC(Nc1c(C)cc(C)cc1Br)C(=O)O. The average Bonchev–Trinajstić information content (AvgIpc) is 2.26. The van der Waals surface area contributed by atoms with Gasteiger partial charge in [-0.1, -0.05) is 25.8 Å². The summed E-state index contributed by atoms with van der Waals surface area (Å²) < 4.78 is 0.919. The normalized spacial score (nSPS) is 12.2. The van der Waals surface area contributed by atoms with Gasteiger partial charge in [-0.3, -0.25) is 0 Å². The van der Waals surface area contributed by atoms with Crippen molar-refractivity contribution in [2.45, 2.75) is 46.1 Å². The minimum absolute atomic E-state index is 0.525. The van der Waals surface area contributed by atoms with Crippen LogP contribution >= 0.6 is 15.9 Å². The third-order valence-corrected chi connectivity index (χ3v) is 3.52. The quantitative estimate of drug-likeness (QED) is 0.830. The summed E-state index contributed by atoms with van der Waals surface area (Å²) >= 11 is 3.49. The van der Waals surface area contributed by atoms with Crippen LogP contribution in [0.5, 0.6) is 0 Å². The van der Waals surface area contributed by atoms with E-state index < -0.39 is 12.0 Å². The molecule has 0 fully saturated rings. The molecule has 0 saturated carbocycles. The van der Waals surface area contributed by atoms with Gasteiger partial charge in [0.1, 0.15) is 6.04 Å². The van der Waals surface area contributed by atoms with Gasteiger partial charge in [0.25, 0.3) is 0 Å². The largest absolute Gasteiger partial charge is 0.480 e. The second kappa shape index (κ2) is 6.78. The van der Waals surface area contributed by atoms with E-state index in [4.69, 9.17) is 0 Å². The lowest BCUT2D eigenvalue weighted by atomic mass is 10.1. The monoisotopic (exact) mass is 313 g/mol. The average molecular weight is 314 g/mol. The third kappa shape index (κ3) is 4.02. The number of carboxylic acids is 1. The molecule has 1 unspecified atom stereocenters. The summed E-state index contributed by atoms with van der Waals surface area (Å²) in [5.41, 5.74) is 3.10. The molecule has 4 heteroatoms. The molecule has 1 rings (SSSR count). The van der Waals surface area contributed by atoms with Crippen LogP contribution in [0, 0.1) is 13.8 Å². The van der Waals surface area contributed by atoms with Gasteiger partial charge in [0.05, 0.1) is 5.69 Å². The van der Waals surface area contributed by atoms with Gasteiger partial charge in [0, 0.05) is 4.47 Å². The van der Waals surface area contributed by atoms with Gasteiger partial charge in [0.2, 0.25) is 0 Å². The fourth-order valence-electron chi connectivity index (χ4n) is 1.94. The first-order valence-electron chi connectivity index (χ1n) is 6.21. The van der Waals surface area contributed by atoms with Crippen LogP contribution in [-0.4, -0.2) is 17.1 Å². The van der Waals surface area contributed by atoms with Crippen molar-refractivity contribution in [1.82, 2.24) is 0 Å². The number of rotatable bonds is 6. The zero-order valence-corrected chi connectivity index (χ0v) is 12.7. The predicted octanol–water partition coefficient (Wildman–Crippen LogP) is 4.12. The maximum absolute atomic E-state index is 11.2. The number of hydrogen-bond acceptors (Lipinski definition) is 2. The molecule has 1 aromatic rings. The molecule has 0 heterocycles. The molecule has 0 aromatic heterocycles. The number of aliphatic carboxylic acids is 1. The molecule has 1 atom stereocenters. The fraction of sp³-hybridized carbons (Fsp3) is 0.500. The number of carbonyl (C=O) groups is 1. The Morgan fingerprint density at radius 3 is 2.61 bits per heavy atom. The minimum Gasteiger partial charge on any atom is -0.480 e. The maximum atomic E-state index is 11.2. The first-order valence-corrected chi connectivity index (χ1v) is 7.01. The van der Waals surface area contributed by atoms with Crippen molar-refractivity contribution in [3.8, 4) is 0 Å². The van der Waals surface area contributed by atoms with Gasteiger partial charge in [-0.05, 0) is 53.4 Å². The summed E-state index contributed by atoms with van der Waals surface area (Å²) in [6, 6.07) is 3.52. The Kier molecular flexibility index (Phi) is 5.66. The van der Waals surface area contributed by atoms with E-state index >= 15 is 0 Å². The smallest absolute Gasteiger partial charge is 0.326 e. The second-order valence-electron chi connectivity index (χ2n) is 4.62. The summed E-state index contributed by atoms with van der Waals surface area (Å²) in [5, 5.41) is 12.4. The van der Waals surface area contributed by atoms with Gasteiger partial charge >= 0.3 is 5.97 Å². The molecule has 1 aromatic carbocycles. The third-order valence-electron chi connectivity index (χ3n) is 2.89. The zero-order valence-electron chi connectivity index (χ0n) is 11.1. The number of hydrogen-bond donors (Lipinski definition) is 2. The van der Waals surface area contributed by atoms with E-state index in [1.807, 2.05) is 26.0 Å². The van der Waals surface area contributed by atoms with Crippen molar-refractivity contribution in [3.05, 3.63) is 27.7 Å². The van der Waals surface area contributed by atoms with Gasteiger partial charge < -0.3 is 10.4 Å². The van der Waals surface area contributed by atoms with Crippen molar-refractivity contribution < 1.29 is 9.90 Å². The Hall–Kier alpha value is -1.03. The Bertz CT molecular complexity index is 409. The van der Waals surface area contributed by atoms with Gasteiger partial charge in [0.15, 0.2) is 0 Å². The van der Waals surface area contributed by atoms with Crippen LogP contribution in [0.2, 0.25) is 0 Å². The highest BCUT2D eigenvalue weighted by Gasteiger charge is 2.18. The van der Waals surface area contributed by atoms with Crippen molar-refractivity contribution in [3.63, 3.8) is 0 Å². The summed E-state index contributed by atoms with van der Waals surface area (Å²) in [6.07, 6.45) is 2.55. The first kappa shape index (κ1) is 15.0. The van der Waals surface area contributed by atoms with E-state index in [-0.39, 0.29) is 0 Å². The standard InChI is InChI=1S/C14H20BrNO2/c1-4-5-6-12(14(17)18)16-13-10(3)7-9(2)8-11(13)15/h7-8,12,16H,4-6H2,1-3H3,(H,17,18). The Morgan fingerprint density at radius 2 is 2.11 bits per heavy atom. The number of aryl methyl sites for hydroxylation is 2. The zero-order chi connectivity index (χ0) is 13.7. The lowest BCUT2D eigenvalue weighted by Gasteiger charge is -2.19. The highest BCUT2D eigenvalue weighted by Crippen LogP contribution is 2.29. The molecule has 100 valence electrons. The van der Waals surface area contributed by atoms with Crippen molar-refractivity contribution in [2.24, 2.45) is 0 Å². The van der Waals surface area contributed by atoms with E-state index in [1.54, 1.807) is 0 Å². The van der Waals surface area contributed by atoms with Crippen LogP contribution in [-0.2, 0) is 4.79 Å². The number of anilines is 1. The van der Waals surface area contributed by atoms with Crippen molar-refractivity contribution in [1.29, 1.82) is 0 Å². The molecule has 0 amide bonds. The van der Waals surface area contributed by atoms with E-state index in [9.17, 15) is 9.90 Å². The molecule has 0 aliphatic rings. The van der Waals surface area contributed by atoms with Crippen LogP contribution in [0.4, 0.5) is 5.69 Å². The molecular weight excluding hydrogens is 294 g/mol. The Balaban J connectivity index is 2.90. The lowest BCUT2D eigenvalue weighted by Crippen LogP contribution is -2.29. The minimum atomic E-state index is -0.796. The molecule has 0 spiro atoms. The number of benzene rings is 1. The highest BCUT2D eigenvalue weighted by atomic mass is 79.9. The molecule has 0 aliphatic carbocycles. The summed E-state index contributed by atoms with van der Waals surface area (Å²) in [5.74, 6) is -0.796. The van der Waals surface area contributed by atoms with Gasteiger partial charge in [-0.2, -0.15) is 0 Å². The van der Waals surface area contributed by atoms with E-state index in [1.165, 1.54) is 0 Å². The number of nitrogens with one attached hydrogen (secondary N) is 1. The first-order chi connectivity index (χ1) is 8.45. The summed E-state index contributed by atoms with van der Waals surface area (Å²) in [4.78, 5) is 11.2. The maximum Gasteiger partial charge on any atom is 0.326 e. The van der Waals surface area contributed by atoms with Crippen molar-refractivity contribution in [2.75, 3.05) is 5.32 Å². The molecule has 0 bridgehead atoms. The molecular formula is C14H20BrNO2. The summed E-state index contributed by atoms with van der Waals surface area (Å²) in [6.45, 7) is 6.07. The van der Waals surface area contributed by atoms with Crippen molar-refractivity contribution >= 4 is 27.6 Å². The summed E-state index contributed by atoms with van der Waals surface area (Å²) in [7, 11) is 0. The topological polar surface area (TPSA) is 49.3 Å². The number of unbranched alkanes of at least 4 members (excludes halogenated alkanes) is 1. The van der Waals surface area contributed by atoms with Crippen LogP contribution in [0.15, 0.2) is 16.6 Å². The molecule has 0 saturated heterocycles. The van der Waals surface area contributed by atoms with Crippen LogP contribution in [0.3, 0.4) is 0 Å². The van der Waals surface area contributed by atoms with E-state index in [0.29, 0.717) is 6.42 Å². The van der Waals surface area contributed by atoms with E-state index in [2.05, 4.69) is 28.2 Å². The van der Waals surface area contributed by atoms with Crippen LogP contribution in [0.1, 0.15) is 37.3 Å². The van der Waals surface area contributed by atoms with Crippen LogP contribution < -0.4 is 5.32 Å². The molecule has 0 radical (unpaired) electrons. The Labute approximate surface area is 117 Å². The highest BCUT2D eigenvalue weighted by molar-refractivity contribution is 9.10. The molecule has 18 heavy (non-hydrogen) atoms. The molecule has 3 nitrogen and oxygen atoms in total. The lowest BCUT2D eigenvalue weighted by molar-refractivity contribution is -0.138. The predicted molar refractivity (Wildman–Crippen MR) is 78.2 cm³/mol. The Morgan fingerprint density at radius 1 is 1.44 bits per heavy atom. The van der Waals surface area contributed by atoms with E-state index in [0.717, 1.165) is 34.1 Å². The molecule has 0 aliphatic heterocycles. The fourth-order valence-corrected chi connectivity index (χ4v) is 2.73. The molecule has 2 N–H and O–H groups in total. The number of halogens is 1. The number of carboxylic acid groups (broad SMARTS) is 1. The second-order valence-corrected chi connectivity index (χ2v) is 5.47.